The number of hydrogen-bond acceptors (Lipinski definition) is 1. The first-order valence-electron chi connectivity index (χ1n) is 19.0. The summed E-state index contributed by atoms with van der Waals surface area (Å²) in [4.78, 5) is 2.33. The quantitative estimate of drug-likeness (QED) is 0.122. The summed E-state index contributed by atoms with van der Waals surface area (Å²) >= 11 is 0. The van der Waals surface area contributed by atoms with Gasteiger partial charge in [-0.15, -0.1) is 0 Å². The first-order chi connectivity index (χ1) is 25.5. The Morgan fingerprint density at radius 2 is 0.566 bits per heavy atom. The number of hydrogen-bond donors (Lipinski definition) is 0. The van der Waals surface area contributed by atoms with Gasteiger partial charge in [0.15, 0.2) is 0 Å². The molecule has 0 amide bonds. The highest BCUT2D eigenvalue weighted by Gasteiger charge is 2.14. The molecule has 0 aromatic heterocycles. The summed E-state index contributed by atoms with van der Waals surface area (Å²) in [6.45, 7) is 15.7. The first kappa shape index (κ1) is 37.1. The molecule has 0 heterocycles. The minimum absolute atomic E-state index is 0.151. The molecule has 0 aliphatic carbocycles. The van der Waals surface area contributed by atoms with Gasteiger partial charge in [0.05, 0.1) is 0 Å². The fourth-order valence-electron chi connectivity index (χ4n) is 6.31. The van der Waals surface area contributed by atoms with E-state index in [4.69, 9.17) is 0 Å². The molecule has 0 unspecified atom stereocenters. The molecule has 6 rings (SSSR count). The second-order valence-corrected chi connectivity index (χ2v) is 15.6. The van der Waals surface area contributed by atoms with Gasteiger partial charge in [-0.05, 0) is 104 Å². The van der Waals surface area contributed by atoms with E-state index in [2.05, 4.69) is 235 Å². The van der Waals surface area contributed by atoms with E-state index >= 15 is 0 Å². The van der Waals surface area contributed by atoms with Gasteiger partial charge in [-0.2, -0.15) is 0 Å². The minimum atomic E-state index is 0.151. The lowest BCUT2D eigenvalue weighted by Crippen LogP contribution is -2.10. The molecule has 1 heteroatoms. The molecule has 1 nitrogen and oxygen atoms in total. The normalized spacial score (nSPS) is 12.2. The summed E-state index contributed by atoms with van der Waals surface area (Å²) in [6.07, 6.45) is 13.1. The van der Waals surface area contributed by atoms with Crippen LogP contribution in [0.25, 0.3) is 36.5 Å². The molecule has 266 valence electrons. The Morgan fingerprint density at radius 1 is 0.340 bits per heavy atom. The Kier molecular flexibility index (Phi) is 11.8. The third-order valence-corrected chi connectivity index (χ3v) is 9.84. The van der Waals surface area contributed by atoms with Crippen molar-refractivity contribution in [3.05, 3.63) is 196 Å². The van der Waals surface area contributed by atoms with Gasteiger partial charge in [-0.1, -0.05) is 194 Å². The second kappa shape index (κ2) is 16.8. The Morgan fingerprint density at radius 3 is 0.792 bits per heavy atom. The largest absolute Gasteiger partial charge is 0.311 e. The van der Waals surface area contributed by atoms with Crippen LogP contribution in [0.4, 0.5) is 17.1 Å². The van der Waals surface area contributed by atoms with Crippen molar-refractivity contribution < 1.29 is 0 Å². The van der Waals surface area contributed by atoms with E-state index < -0.39 is 0 Å². The van der Waals surface area contributed by atoms with E-state index in [1.165, 1.54) is 44.5 Å². The Bertz CT molecular complexity index is 2030. The van der Waals surface area contributed by atoms with E-state index in [1.807, 2.05) is 0 Å². The lowest BCUT2D eigenvalue weighted by atomic mass is 9.87. The molecule has 0 atom stereocenters. The number of anilines is 3. The monoisotopic (exact) mass is 691 g/mol. The fraction of sp³-hybridized carbons (Fsp3) is 0.192. The molecule has 6 aromatic rings. The third kappa shape index (κ3) is 10.0. The van der Waals surface area contributed by atoms with Gasteiger partial charge < -0.3 is 4.90 Å². The molecule has 53 heavy (non-hydrogen) atoms. The minimum Gasteiger partial charge on any atom is -0.311 e. The van der Waals surface area contributed by atoms with Crippen LogP contribution in [-0.2, 0) is 5.41 Å². The predicted molar refractivity (Wildman–Crippen MR) is 234 cm³/mol. The molecule has 0 spiro atoms. The van der Waals surface area contributed by atoms with Crippen molar-refractivity contribution in [2.24, 2.45) is 0 Å². The summed E-state index contributed by atoms with van der Waals surface area (Å²) in [7, 11) is 0. The highest BCUT2D eigenvalue weighted by molar-refractivity contribution is 5.80. The number of nitrogens with zero attached hydrogens (tertiary/aromatic N) is 1. The molecule has 6 aromatic carbocycles. The highest BCUT2D eigenvalue weighted by atomic mass is 15.1. The van der Waals surface area contributed by atoms with E-state index in [1.54, 1.807) is 0 Å². The number of benzene rings is 6. The van der Waals surface area contributed by atoms with Crippen molar-refractivity contribution in [1.82, 2.24) is 0 Å². The Hall–Kier alpha value is -5.66. The van der Waals surface area contributed by atoms with Crippen molar-refractivity contribution >= 4 is 53.5 Å². The van der Waals surface area contributed by atoms with Crippen LogP contribution in [0.15, 0.2) is 146 Å². The standard InChI is InChI=1S/C52H53N/c1-38(2)46-26-14-40(15-27-46)8-11-43-20-32-49(33-21-43)53(50-34-22-44(23-35-50)12-9-41-16-28-47(29-17-41)39(3)4)51-36-24-45(25-37-51)13-10-42-18-30-48(31-19-42)52(5,6)7/h8-39H,1-7H3/b11-8+,12-9+,13-10+. The molecule has 0 saturated carbocycles. The molecule has 0 aliphatic heterocycles. The van der Waals surface area contributed by atoms with Gasteiger partial charge >= 0.3 is 0 Å². The van der Waals surface area contributed by atoms with E-state index in [-0.39, 0.29) is 5.41 Å². The molecule has 0 aliphatic rings. The average Bonchev–Trinajstić information content (AvgIpc) is 3.17. The van der Waals surface area contributed by atoms with Crippen molar-refractivity contribution in [3.8, 4) is 0 Å². The van der Waals surface area contributed by atoms with Crippen LogP contribution >= 0.6 is 0 Å². The molecule has 0 N–H and O–H groups in total. The van der Waals surface area contributed by atoms with Crippen molar-refractivity contribution in [2.75, 3.05) is 4.90 Å². The van der Waals surface area contributed by atoms with Crippen LogP contribution in [-0.4, -0.2) is 0 Å². The molecular weight excluding hydrogens is 639 g/mol. The summed E-state index contributed by atoms with van der Waals surface area (Å²) in [5, 5.41) is 0. The SMILES string of the molecule is CC(C)c1ccc(/C=C/c2ccc(N(c3ccc(/C=C/c4ccc(C(C)C)cc4)cc3)c3ccc(/C=C/c4ccc(C(C)(C)C)cc4)cc3)cc2)cc1. The Labute approximate surface area is 318 Å². The van der Waals surface area contributed by atoms with Crippen molar-refractivity contribution in [1.29, 1.82) is 0 Å². The zero-order chi connectivity index (χ0) is 37.4. The van der Waals surface area contributed by atoms with Crippen LogP contribution in [0, 0.1) is 0 Å². The zero-order valence-electron chi connectivity index (χ0n) is 32.4. The van der Waals surface area contributed by atoms with Crippen molar-refractivity contribution in [3.63, 3.8) is 0 Å². The van der Waals surface area contributed by atoms with Gasteiger partial charge in [0.2, 0.25) is 0 Å². The predicted octanol–water partition coefficient (Wildman–Crippen LogP) is 15.2. The maximum atomic E-state index is 2.33. The first-order valence-corrected chi connectivity index (χ1v) is 19.0. The highest BCUT2D eigenvalue weighted by Crippen LogP contribution is 2.35. The van der Waals surface area contributed by atoms with Gasteiger partial charge in [0, 0.05) is 17.1 Å². The smallest absolute Gasteiger partial charge is 0.0462 e. The summed E-state index contributed by atoms with van der Waals surface area (Å²) in [6, 6.07) is 53.0. The summed E-state index contributed by atoms with van der Waals surface area (Å²) in [5.74, 6) is 1.07. The Balaban J connectivity index is 1.24. The third-order valence-electron chi connectivity index (χ3n) is 9.84. The maximum absolute atomic E-state index is 2.33. The van der Waals surface area contributed by atoms with Crippen LogP contribution in [0.1, 0.15) is 110 Å². The van der Waals surface area contributed by atoms with Crippen LogP contribution in [0.3, 0.4) is 0 Å². The van der Waals surface area contributed by atoms with Gasteiger partial charge in [0.1, 0.15) is 0 Å². The van der Waals surface area contributed by atoms with E-state index in [0.29, 0.717) is 11.8 Å². The summed E-state index contributed by atoms with van der Waals surface area (Å²) < 4.78 is 0. The number of rotatable bonds is 11. The van der Waals surface area contributed by atoms with E-state index in [9.17, 15) is 0 Å². The van der Waals surface area contributed by atoms with Gasteiger partial charge in [-0.3, -0.25) is 0 Å². The molecule has 0 saturated heterocycles. The molecule has 0 radical (unpaired) electrons. The van der Waals surface area contributed by atoms with Crippen LogP contribution in [0.5, 0.6) is 0 Å². The van der Waals surface area contributed by atoms with Crippen LogP contribution in [0.2, 0.25) is 0 Å². The topological polar surface area (TPSA) is 3.24 Å². The van der Waals surface area contributed by atoms with Gasteiger partial charge in [-0.25, -0.2) is 0 Å². The van der Waals surface area contributed by atoms with Crippen molar-refractivity contribution in [2.45, 2.75) is 65.7 Å². The molecule has 0 bridgehead atoms. The average molecular weight is 692 g/mol. The summed E-state index contributed by atoms with van der Waals surface area (Å²) in [5.41, 5.74) is 14.7. The van der Waals surface area contributed by atoms with Gasteiger partial charge in [0.25, 0.3) is 0 Å². The van der Waals surface area contributed by atoms with E-state index in [0.717, 1.165) is 22.6 Å². The lowest BCUT2D eigenvalue weighted by molar-refractivity contribution is 0.590. The van der Waals surface area contributed by atoms with Crippen LogP contribution < -0.4 is 4.90 Å². The fourth-order valence-corrected chi connectivity index (χ4v) is 6.31. The lowest BCUT2D eigenvalue weighted by Gasteiger charge is -2.26. The molecule has 0 fully saturated rings. The zero-order valence-corrected chi connectivity index (χ0v) is 32.4. The maximum Gasteiger partial charge on any atom is 0.0462 e. The second-order valence-electron chi connectivity index (χ2n) is 15.6. The molecular formula is C52H53N.